The lowest BCUT2D eigenvalue weighted by Crippen LogP contribution is -2.41. The molecule has 1 aromatic rings. The number of nitrogens with two attached hydrogens (primary N) is 1. The van der Waals surface area contributed by atoms with Crippen molar-refractivity contribution in [2.75, 3.05) is 44.8 Å². The SMILES string of the molecule is CCN(CCC(=O)Nc1ccc(N)cc1)C(C)CN(C)C. The van der Waals surface area contributed by atoms with E-state index in [1.807, 2.05) is 12.1 Å². The minimum absolute atomic E-state index is 0.0373. The summed E-state index contributed by atoms with van der Waals surface area (Å²) in [6.45, 7) is 7.04. The first-order chi connectivity index (χ1) is 9.92. The van der Waals surface area contributed by atoms with Gasteiger partial charge in [0.2, 0.25) is 5.91 Å². The van der Waals surface area contributed by atoms with E-state index in [0.29, 0.717) is 18.2 Å². The van der Waals surface area contributed by atoms with Crippen molar-refractivity contribution in [3.05, 3.63) is 24.3 Å². The highest BCUT2D eigenvalue weighted by molar-refractivity contribution is 5.90. The van der Waals surface area contributed by atoms with E-state index in [1.54, 1.807) is 12.1 Å². The van der Waals surface area contributed by atoms with Crippen LogP contribution in [0.2, 0.25) is 0 Å². The summed E-state index contributed by atoms with van der Waals surface area (Å²) < 4.78 is 0. The van der Waals surface area contributed by atoms with Crippen LogP contribution in [0, 0.1) is 0 Å². The summed E-state index contributed by atoms with van der Waals surface area (Å²) in [6, 6.07) is 7.65. The molecule has 5 heteroatoms. The van der Waals surface area contributed by atoms with Gasteiger partial charge in [-0.1, -0.05) is 6.92 Å². The molecule has 0 saturated carbocycles. The fourth-order valence-electron chi connectivity index (χ4n) is 2.37. The zero-order valence-electron chi connectivity index (χ0n) is 13.6. The predicted octanol–water partition coefficient (Wildman–Crippen LogP) is 1.87. The number of likely N-dealkylation sites (N-methyl/N-ethyl adjacent to an activating group) is 2. The molecule has 1 aromatic carbocycles. The third kappa shape index (κ3) is 6.60. The van der Waals surface area contributed by atoms with Gasteiger partial charge in [-0.2, -0.15) is 0 Å². The fourth-order valence-corrected chi connectivity index (χ4v) is 2.37. The van der Waals surface area contributed by atoms with Gasteiger partial charge in [-0.3, -0.25) is 9.69 Å². The first-order valence-corrected chi connectivity index (χ1v) is 7.46. The van der Waals surface area contributed by atoms with Crippen molar-refractivity contribution in [1.29, 1.82) is 0 Å². The molecule has 0 spiro atoms. The van der Waals surface area contributed by atoms with Crippen molar-refractivity contribution in [1.82, 2.24) is 9.80 Å². The molecule has 0 bridgehead atoms. The molecule has 1 atom stereocenters. The summed E-state index contributed by atoms with van der Waals surface area (Å²) in [7, 11) is 4.14. The van der Waals surface area contributed by atoms with Crippen molar-refractivity contribution < 1.29 is 4.79 Å². The van der Waals surface area contributed by atoms with E-state index in [2.05, 4.69) is 43.1 Å². The van der Waals surface area contributed by atoms with E-state index in [-0.39, 0.29) is 5.91 Å². The monoisotopic (exact) mass is 292 g/mol. The molecule has 0 aliphatic rings. The van der Waals surface area contributed by atoms with Crippen LogP contribution < -0.4 is 11.1 Å². The van der Waals surface area contributed by atoms with E-state index >= 15 is 0 Å². The summed E-state index contributed by atoms with van der Waals surface area (Å²) in [5.74, 6) is 0.0373. The number of hydrogen-bond acceptors (Lipinski definition) is 4. The lowest BCUT2D eigenvalue weighted by Gasteiger charge is -2.29. The van der Waals surface area contributed by atoms with Crippen LogP contribution in [0.5, 0.6) is 0 Å². The molecule has 0 aromatic heterocycles. The van der Waals surface area contributed by atoms with E-state index in [4.69, 9.17) is 5.73 Å². The Morgan fingerprint density at radius 3 is 2.43 bits per heavy atom. The number of amides is 1. The van der Waals surface area contributed by atoms with Gasteiger partial charge in [0, 0.05) is 36.9 Å². The average Bonchev–Trinajstić information content (AvgIpc) is 2.41. The lowest BCUT2D eigenvalue weighted by molar-refractivity contribution is -0.116. The molecule has 0 aliphatic carbocycles. The Labute approximate surface area is 128 Å². The van der Waals surface area contributed by atoms with Gasteiger partial charge in [0.15, 0.2) is 0 Å². The maximum atomic E-state index is 12.0. The molecule has 1 amide bonds. The van der Waals surface area contributed by atoms with Crippen molar-refractivity contribution in [2.45, 2.75) is 26.3 Å². The Balaban J connectivity index is 2.41. The number of nitrogens with zero attached hydrogens (tertiary/aromatic N) is 2. The Kier molecular flexibility index (Phi) is 7.19. The molecule has 0 radical (unpaired) electrons. The largest absolute Gasteiger partial charge is 0.399 e. The van der Waals surface area contributed by atoms with Crippen LogP contribution >= 0.6 is 0 Å². The van der Waals surface area contributed by atoms with E-state index in [1.165, 1.54) is 0 Å². The van der Waals surface area contributed by atoms with Gasteiger partial charge in [-0.15, -0.1) is 0 Å². The summed E-state index contributed by atoms with van der Waals surface area (Å²) in [5, 5.41) is 2.90. The zero-order valence-corrected chi connectivity index (χ0v) is 13.6. The van der Waals surface area contributed by atoms with Crippen LogP contribution in [0.4, 0.5) is 11.4 Å². The van der Waals surface area contributed by atoms with Crippen molar-refractivity contribution >= 4 is 17.3 Å². The van der Waals surface area contributed by atoms with Crippen LogP contribution in [0.1, 0.15) is 20.3 Å². The molecular weight excluding hydrogens is 264 g/mol. The highest BCUT2D eigenvalue weighted by Gasteiger charge is 2.14. The molecule has 5 nitrogen and oxygen atoms in total. The van der Waals surface area contributed by atoms with Gasteiger partial charge in [0.05, 0.1) is 0 Å². The molecule has 0 aliphatic heterocycles. The molecule has 1 unspecified atom stereocenters. The summed E-state index contributed by atoms with van der Waals surface area (Å²) in [6.07, 6.45) is 0.496. The topological polar surface area (TPSA) is 61.6 Å². The second kappa shape index (κ2) is 8.64. The number of nitrogen functional groups attached to an aromatic ring is 1. The predicted molar refractivity (Wildman–Crippen MR) is 89.4 cm³/mol. The molecule has 118 valence electrons. The molecule has 1 rings (SSSR count). The normalized spacial score (nSPS) is 12.7. The first kappa shape index (κ1) is 17.5. The highest BCUT2D eigenvalue weighted by Crippen LogP contribution is 2.11. The number of carbonyl (C=O) groups excluding carboxylic acids is 1. The maximum Gasteiger partial charge on any atom is 0.225 e. The summed E-state index contributed by atoms with van der Waals surface area (Å²) in [5.41, 5.74) is 7.11. The number of carbonyl (C=O) groups is 1. The first-order valence-electron chi connectivity index (χ1n) is 7.46. The van der Waals surface area contributed by atoms with Crippen LogP contribution in [0.15, 0.2) is 24.3 Å². The Morgan fingerprint density at radius 1 is 1.29 bits per heavy atom. The van der Waals surface area contributed by atoms with Crippen LogP contribution in [-0.4, -0.2) is 55.5 Å². The van der Waals surface area contributed by atoms with E-state index in [0.717, 1.165) is 25.3 Å². The Hall–Kier alpha value is -1.59. The molecule has 3 N–H and O–H groups in total. The number of anilines is 2. The van der Waals surface area contributed by atoms with Crippen molar-refractivity contribution in [3.63, 3.8) is 0 Å². The smallest absolute Gasteiger partial charge is 0.225 e. The summed E-state index contributed by atoms with van der Waals surface area (Å²) in [4.78, 5) is 16.5. The molecule has 0 fully saturated rings. The van der Waals surface area contributed by atoms with Crippen molar-refractivity contribution in [3.8, 4) is 0 Å². The van der Waals surface area contributed by atoms with E-state index in [9.17, 15) is 4.79 Å². The number of hydrogen-bond donors (Lipinski definition) is 2. The molecular formula is C16H28N4O. The lowest BCUT2D eigenvalue weighted by atomic mass is 10.2. The Morgan fingerprint density at radius 2 is 1.90 bits per heavy atom. The maximum absolute atomic E-state index is 12.0. The molecule has 0 heterocycles. The highest BCUT2D eigenvalue weighted by atomic mass is 16.1. The van der Waals surface area contributed by atoms with E-state index < -0.39 is 0 Å². The summed E-state index contributed by atoms with van der Waals surface area (Å²) >= 11 is 0. The van der Waals surface area contributed by atoms with Crippen LogP contribution in [-0.2, 0) is 4.79 Å². The molecule has 0 saturated heterocycles. The minimum atomic E-state index is 0.0373. The van der Waals surface area contributed by atoms with Gasteiger partial charge in [0.1, 0.15) is 0 Å². The van der Waals surface area contributed by atoms with Crippen LogP contribution in [0.25, 0.3) is 0 Å². The second-order valence-electron chi connectivity index (χ2n) is 5.66. The second-order valence-corrected chi connectivity index (χ2v) is 5.66. The molecule has 21 heavy (non-hydrogen) atoms. The standard InChI is InChI=1S/C16H28N4O/c1-5-20(13(2)12-19(3)4)11-10-16(21)18-15-8-6-14(17)7-9-15/h6-9,13H,5,10-12,17H2,1-4H3,(H,18,21). The fraction of sp³-hybridized carbons (Fsp3) is 0.562. The third-order valence-corrected chi connectivity index (χ3v) is 3.48. The quantitative estimate of drug-likeness (QED) is 0.718. The third-order valence-electron chi connectivity index (χ3n) is 3.48. The van der Waals surface area contributed by atoms with Gasteiger partial charge in [0.25, 0.3) is 0 Å². The number of benzene rings is 1. The van der Waals surface area contributed by atoms with Crippen molar-refractivity contribution in [2.24, 2.45) is 0 Å². The van der Waals surface area contributed by atoms with Gasteiger partial charge in [-0.05, 0) is 51.8 Å². The number of rotatable bonds is 8. The van der Waals surface area contributed by atoms with Gasteiger partial charge < -0.3 is 16.0 Å². The van der Waals surface area contributed by atoms with Gasteiger partial charge in [-0.25, -0.2) is 0 Å². The van der Waals surface area contributed by atoms with Crippen LogP contribution in [0.3, 0.4) is 0 Å². The Bertz CT molecular complexity index is 430. The number of nitrogens with one attached hydrogen (secondary N) is 1. The average molecular weight is 292 g/mol. The minimum Gasteiger partial charge on any atom is -0.399 e. The van der Waals surface area contributed by atoms with Gasteiger partial charge >= 0.3 is 0 Å². The zero-order chi connectivity index (χ0) is 15.8.